The number of nitrogens with zero attached hydrogens (tertiary/aromatic N) is 1. The molecule has 4 nitrogen and oxygen atoms in total. The van der Waals surface area contributed by atoms with E-state index in [2.05, 4.69) is 0 Å². The van der Waals surface area contributed by atoms with E-state index in [-0.39, 0.29) is 18.6 Å². The molecule has 0 bridgehead atoms. The van der Waals surface area contributed by atoms with E-state index in [1.807, 2.05) is 4.90 Å². The molecule has 1 unspecified atom stereocenters. The minimum Gasteiger partial charge on any atom is -0.395 e. The van der Waals surface area contributed by atoms with Gasteiger partial charge in [-0.05, 0) is 25.7 Å². The van der Waals surface area contributed by atoms with Crippen molar-refractivity contribution in [1.29, 1.82) is 0 Å². The van der Waals surface area contributed by atoms with Crippen LogP contribution in [0.1, 0.15) is 51.4 Å². The van der Waals surface area contributed by atoms with Crippen molar-refractivity contribution in [2.75, 3.05) is 19.8 Å². The molecule has 1 heterocycles. The highest BCUT2D eigenvalue weighted by molar-refractivity contribution is 5.77. The molecule has 4 heteroatoms. The maximum atomic E-state index is 12.3. The van der Waals surface area contributed by atoms with Crippen molar-refractivity contribution in [2.24, 2.45) is 0 Å². The lowest BCUT2D eigenvalue weighted by Crippen LogP contribution is -2.44. The first kappa shape index (κ1) is 13.8. The molecule has 1 N–H and O–H groups in total. The summed E-state index contributed by atoms with van der Waals surface area (Å²) in [5.74, 6) is 0.169. The number of aliphatic hydroxyl groups is 1. The third-order valence-corrected chi connectivity index (χ3v) is 4.10. The monoisotopic (exact) mass is 255 g/mol. The molecule has 18 heavy (non-hydrogen) atoms. The van der Waals surface area contributed by atoms with Crippen molar-refractivity contribution in [3.63, 3.8) is 0 Å². The summed E-state index contributed by atoms with van der Waals surface area (Å²) >= 11 is 0. The van der Waals surface area contributed by atoms with E-state index in [4.69, 9.17) is 9.84 Å². The van der Waals surface area contributed by atoms with Crippen molar-refractivity contribution in [2.45, 2.75) is 63.5 Å². The quantitative estimate of drug-likeness (QED) is 0.813. The molecule has 0 aromatic carbocycles. The molecular formula is C14H25NO3. The van der Waals surface area contributed by atoms with E-state index in [1.165, 1.54) is 19.3 Å². The van der Waals surface area contributed by atoms with Crippen LogP contribution in [-0.4, -0.2) is 47.8 Å². The zero-order valence-corrected chi connectivity index (χ0v) is 11.1. The molecule has 0 aromatic heterocycles. The number of ether oxygens (including phenoxy) is 1. The second-order valence-electron chi connectivity index (χ2n) is 5.44. The van der Waals surface area contributed by atoms with Gasteiger partial charge in [0.25, 0.3) is 0 Å². The van der Waals surface area contributed by atoms with Crippen molar-refractivity contribution >= 4 is 5.91 Å². The van der Waals surface area contributed by atoms with Gasteiger partial charge in [-0.2, -0.15) is 0 Å². The maximum Gasteiger partial charge on any atom is 0.225 e. The fraction of sp³-hybridized carbons (Fsp3) is 0.929. The second-order valence-corrected chi connectivity index (χ2v) is 5.44. The normalized spacial score (nSPS) is 25.3. The smallest absolute Gasteiger partial charge is 0.225 e. The first-order valence-corrected chi connectivity index (χ1v) is 7.33. The van der Waals surface area contributed by atoms with E-state index in [0.29, 0.717) is 19.0 Å². The third kappa shape index (κ3) is 3.69. The fourth-order valence-corrected chi connectivity index (χ4v) is 3.13. The standard InChI is InChI=1S/C14H25NO3/c16-9-8-15(12-5-2-1-3-6-12)14(17)11-13-7-4-10-18-13/h12-13,16H,1-11H2. The van der Waals surface area contributed by atoms with Crippen molar-refractivity contribution in [1.82, 2.24) is 4.90 Å². The summed E-state index contributed by atoms with van der Waals surface area (Å²) in [6, 6.07) is 0.347. The first-order chi connectivity index (χ1) is 8.81. The van der Waals surface area contributed by atoms with Crippen LogP contribution in [0.15, 0.2) is 0 Å². The van der Waals surface area contributed by atoms with Crippen molar-refractivity contribution in [3.8, 4) is 0 Å². The minimum atomic E-state index is 0.0633. The Balaban J connectivity index is 1.87. The number of hydrogen-bond donors (Lipinski definition) is 1. The van der Waals surface area contributed by atoms with Gasteiger partial charge in [0.1, 0.15) is 0 Å². The van der Waals surface area contributed by atoms with Crippen LogP contribution >= 0.6 is 0 Å². The predicted molar refractivity (Wildman–Crippen MR) is 69.3 cm³/mol. The molecule has 0 spiro atoms. The lowest BCUT2D eigenvalue weighted by molar-refractivity contribution is -0.137. The molecular weight excluding hydrogens is 230 g/mol. The van der Waals surface area contributed by atoms with Gasteiger partial charge in [0.05, 0.1) is 19.1 Å². The van der Waals surface area contributed by atoms with Crippen LogP contribution in [-0.2, 0) is 9.53 Å². The Kier molecular flexibility index (Phi) is 5.45. The lowest BCUT2D eigenvalue weighted by atomic mass is 9.93. The highest BCUT2D eigenvalue weighted by Gasteiger charge is 2.28. The Morgan fingerprint density at radius 3 is 2.56 bits per heavy atom. The Morgan fingerprint density at radius 1 is 1.17 bits per heavy atom. The molecule has 104 valence electrons. The molecule has 1 saturated carbocycles. The fourth-order valence-electron chi connectivity index (χ4n) is 3.13. The van der Waals surface area contributed by atoms with Gasteiger partial charge in [0, 0.05) is 19.2 Å². The van der Waals surface area contributed by atoms with Crippen LogP contribution in [0.4, 0.5) is 0 Å². The van der Waals surface area contributed by atoms with Gasteiger partial charge in [-0.25, -0.2) is 0 Å². The predicted octanol–water partition coefficient (Wildman–Crippen LogP) is 1.71. The van der Waals surface area contributed by atoms with Crippen LogP contribution in [0.3, 0.4) is 0 Å². The van der Waals surface area contributed by atoms with Gasteiger partial charge < -0.3 is 14.7 Å². The van der Waals surface area contributed by atoms with Crippen molar-refractivity contribution in [3.05, 3.63) is 0 Å². The first-order valence-electron chi connectivity index (χ1n) is 7.33. The molecule has 2 fully saturated rings. The topological polar surface area (TPSA) is 49.8 Å². The zero-order valence-electron chi connectivity index (χ0n) is 11.1. The number of amides is 1. The highest BCUT2D eigenvalue weighted by Crippen LogP contribution is 2.24. The lowest BCUT2D eigenvalue weighted by Gasteiger charge is -2.34. The highest BCUT2D eigenvalue weighted by atomic mass is 16.5. The summed E-state index contributed by atoms with van der Waals surface area (Å²) in [6.45, 7) is 1.34. The largest absolute Gasteiger partial charge is 0.395 e. The minimum absolute atomic E-state index is 0.0633. The Hall–Kier alpha value is -0.610. The van der Waals surface area contributed by atoms with Gasteiger partial charge in [-0.15, -0.1) is 0 Å². The van der Waals surface area contributed by atoms with E-state index in [9.17, 15) is 4.79 Å². The number of carbonyl (C=O) groups is 1. The van der Waals surface area contributed by atoms with Crippen LogP contribution in [0.25, 0.3) is 0 Å². The van der Waals surface area contributed by atoms with E-state index in [0.717, 1.165) is 32.3 Å². The molecule has 2 rings (SSSR count). The molecule has 1 atom stereocenters. The Bertz CT molecular complexity index is 258. The van der Waals surface area contributed by atoms with Crippen LogP contribution < -0.4 is 0 Å². The van der Waals surface area contributed by atoms with E-state index in [1.54, 1.807) is 0 Å². The summed E-state index contributed by atoms with van der Waals surface area (Å²) in [5, 5.41) is 9.15. The number of aliphatic hydroxyl groups excluding tert-OH is 1. The van der Waals surface area contributed by atoms with Crippen molar-refractivity contribution < 1.29 is 14.6 Å². The molecule has 1 saturated heterocycles. The molecule has 0 aromatic rings. The molecule has 2 aliphatic rings. The van der Waals surface area contributed by atoms with Gasteiger partial charge in [0.15, 0.2) is 0 Å². The van der Waals surface area contributed by atoms with E-state index >= 15 is 0 Å². The van der Waals surface area contributed by atoms with Crippen LogP contribution in [0.2, 0.25) is 0 Å². The van der Waals surface area contributed by atoms with Gasteiger partial charge in [-0.3, -0.25) is 4.79 Å². The van der Waals surface area contributed by atoms with Gasteiger partial charge in [-0.1, -0.05) is 19.3 Å². The summed E-state index contributed by atoms with van der Waals surface area (Å²) in [6.07, 6.45) is 8.57. The SMILES string of the molecule is O=C(CC1CCCO1)N(CCO)C1CCCCC1. The van der Waals surface area contributed by atoms with Crippen LogP contribution in [0.5, 0.6) is 0 Å². The van der Waals surface area contributed by atoms with Gasteiger partial charge >= 0.3 is 0 Å². The maximum absolute atomic E-state index is 12.3. The molecule has 1 aliphatic carbocycles. The molecule has 0 radical (unpaired) electrons. The van der Waals surface area contributed by atoms with Gasteiger partial charge in [0.2, 0.25) is 5.91 Å². The Labute approximate surface area is 109 Å². The Morgan fingerprint density at radius 2 is 1.94 bits per heavy atom. The number of carbonyl (C=O) groups excluding carboxylic acids is 1. The summed E-state index contributed by atoms with van der Waals surface area (Å²) in [7, 11) is 0. The molecule has 1 amide bonds. The zero-order chi connectivity index (χ0) is 12.8. The summed E-state index contributed by atoms with van der Waals surface area (Å²) < 4.78 is 5.53. The summed E-state index contributed by atoms with van der Waals surface area (Å²) in [4.78, 5) is 14.2. The average molecular weight is 255 g/mol. The number of hydrogen-bond acceptors (Lipinski definition) is 3. The third-order valence-electron chi connectivity index (χ3n) is 4.10. The van der Waals surface area contributed by atoms with E-state index < -0.39 is 0 Å². The van der Waals surface area contributed by atoms with Crippen LogP contribution in [0, 0.1) is 0 Å². The second kappa shape index (κ2) is 7.10. The average Bonchev–Trinajstić information content (AvgIpc) is 2.89. The molecule has 1 aliphatic heterocycles. The number of rotatable bonds is 5. The summed E-state index contributed by atoms with van der Waals surface area (Å²) in [5.41, 5.74) is 0.